The predicted molar refractivity (Wildman–Crippen MR) is 155 cm³/mol. The highest BCUT2D eigenvalue weighted by Gasteiger charge is 2.35. The quantitative estimate of drug-likeness (QED) is 0.317. The Morgan fingerprint density at radius 1 is 1.10 bits per heavy atom. The molecule has 8 heteroatoms. The molecule has 2 aromatic carbocycles. The number of aromatic nitrogens is 1. The van der Waals surface area contributed by atoms with Gasteiger partial charge < -0.3 is 14.1 Å². The van der Waals surface area contributed by atoms with Crippen molar-refractivity contribution in [1.82, 2.24) is 4.57 Å². The average Bonchev–Trinajstić information content (AvgIpc) is 3.53. The molecule has 0 bridgehead atoms. The van der Waals surface area contributed by atoms with Gasteiger partial charge in [0.2, 0.25) is 0 Å². The maximum absolute atomic E-state index is 13.9. The zero-order valence-electron chi connectivity index (χ0n) is 22.7. The number of furan rings is 1. The Morgan fingerprint density at radius 3 is 2.44 bits per heavy atom. The first-order chi connectivity index (χ1) is 18.8. The largest absolute Gasteiger partial charge is 0.463 e. The summed E-state index contributed by atoms with van der Waals surface area (Å²) in [5.74, 6) is 1.11. The van der Waals surface area contributed by atoms with Gasteiger partial charge in [-0.25, -0.2) is 9.79 Å². The number of hydrogen-bond donors (Lipinski definition) is 0. The van der Waals surface area contributed by atoms with Gasteiger partial charge in [-0.1, -0.05) is 79.8 Å². The van der Waals surface area contributed by atoms with Gasteiger partial charge in [-0.3, -0.25) is 9.36 Å². The first kappa shape index (κ1) is 26.4. The van der Waals surface area contributed by atoms with Gasteiger partial charge in [0.1, 0.15) is 5.76 Å². The summed E-state index contributed by atoms with van der Waals surface area (Å²) in [7, 11) is 3.78. The van der Waals surface area contributed by atoms with Crippen LogP contribution in [0, 0.1) is 0 Å². The van der Waals surface area contributed by atoms with E-state index in [0.29, 0.717) is 38.2 Å². The van der Waals surface area contributed by atoms with Gasteiger partial charge in [0.05, 0.1) is 28.5 Å². The van der Waals surface area contributed by atoms with Crippen LogP contribution >= 0.6 is 11.3 Å². The lowest BCUT2D eigenvalue weighted by molar-refractivity contribution is -0.138. The monoisotopic (exact) mass is 541 g/mol. The molecule has 3 heterocycles. The molecule has 0 aliphatic carbocycles. The Kier molecular flexibility index (Phi) is 7.39. The van der Waals surface area contributed by atoms with Crippen molar-refractivity contribution in [3.05, 3.63) is 114 Å². The van der Waals surface area contributed by atoms with E-state index in [1.807, 2.05) is 85.7 Å². The fourth-order valence-corrected chi connectivity index (χ4v) is 5.59. The molecule has 0 amide bonds. The second-order valence-corrected chi connectivity index (χ2v) is 10.8. The number of benzene rings is 2. The number of ether oxygens (including phenoxy) is 1. The lowest BCUT2D eigenvalue weighted by Gasteiger charge is -2.26. The lowest BCUT2D eigenvalue weighted by atomic mass is 9.91. The summed E-state index contributed by atoms with van der Waals surface area (Å²) in [6, 6.07) is 20.6. The van der Waals surface area contributed by atoms with Gasteiger partial charge in [0.25, 0.3) is 5.56 Å². The van der Waals surface area contributed by atoms with Gasteiger partial charge in [0, 0.05) is 31.8 Å². The van der Waals surface area contributed by atoms with E-state index < -0.39 is 12.0 Å². The Bertz CT molecular complexity index is 1710. The van der Waals surface area contributed by atoms with E-state index >= 15 is 0 Å². The molecule has 0 unspecified atom stereocenters. The van der Waals surface area contributed by atoms with E-state index in [1.54, 1.807) is 17.6 Å². The van der Waals surface area contributed by atoms with Crippen LogP contribution in [0.2, 0.25) is 0 Å². The van der Waals surface area contributed by atoms with Gasteiger partial charge in [0.15, 0.2) is 10.7 Å². The summed E-state index contributed by atoms with van der Waals surface area (Å²) in [6.45, 7) is 6.24. The van der Waals surface area contributed by atoms with Crippen LogP contribution in [-0.4, -0.2) is 31.2 Å². The van der Waals surface area contributed by atoms with Crippen molar-refractivity contribution in [2.24, 2.45) is 4.99 Å². The third kappa shape index (κ3) is 5.12. The zero-order chi connectivity index (χ0) is 27.7. The minimum Gasteiger partial charge on any atom is -0.463 e. The van der Waals surface area contributed by atoms with Crippen LogP contribution in [0.3, 0.4) is 0 Å². The van der Waals surface area contributed by atoms with E-state index in [-0.39, 0.29) is 12.2 Å². The molecule has 1 aliphatic heterocycles. The van der Waals surface area contributed by atoms with Crippen LogP contribution in [0.4, 0.5) is 5.88 Å². The topological polar surface area (TPSA) is 77.0 Å². The maximum atomic E-state index is 13.9. The molecule has 4 aromatic rings. The third-order valence-electron chi connectivity index (χ3n) is 6.62. The predicted octanol–water partition coefficient (Wildman–Crippen LogP) is 4.72. The molecule has 0 spiro atoms. The number of carbonyl (C=O) groups is 1. The Hall–Kier alpha value is -4.17. The molecule has 0 saturated heterocycles. The van der Waals surface area contributed by atoms with Crippen LogP contribution in [0.5, 0.6) is 0 Å². The molecule has 7 nitrogen and oxygen atoms in total. The molecule has 5 rings (SSSR count). The maximum Gasteiger partial charge on any atom is 0.338 e. The number of rotatable bonds is 7. The summed E-state index contributed by atoms with van der Waals surface area (Å²) in [5, 5.41) is 0. The minimum atomic E-state index is -0.701. The SMILES string of the molecule is CCOC(=O)C1=C(c2ccccc2)N=c2s/c(=C\c3ccc(N(C)C)o3)c(=O)n2[C@H]1c1ccc(C(C)C)cc1. The number of esters is 1. The molecular weight excluding hydrogens is 510 g/mol. The first-order valence-corrected chi connectivity index (χ1v) is 13.8. The molecule has 0 saturated carbocycles. The van der Waals surface area contributed by atoms with Gasteiger partial charge >= 0.3 is 5.97 Å². The van der Waals surface area contributed by atoms with Crippen LogP contribution < -0.4 is 19.8 Å². The molecule has 1 atom stereocenters. The Morgan fingerprint density at radius 2 is 1.82 bits per heavy atom. The standard InChI is InChI=1S/C31H31N3O4S/c1-6-37-30(36)26-27(21-10-8-7-9-11-21)32-31-34(28(26)22-14-12-20(13-15-22)19(2)3)29(35)24(39-31)18-23-16-17-25(38-23)33(4)5/h7-19,28H,6H2,1-5H3/b24-18-/t28-/m0/s1. The third-order valence-corrected chi connectivity index (χ3v) is 7.60. The molecular formula is C31H31N3O4S. The van der Waals surface area contributed by atoms with Gasteiger partial charge in [-0.05, 0) is 30.0 Å². The summed E-state index contributed by atoms with van der Waals surface area (Å²) in [4.78, 5) is 34.7. The summed E-state index contributed by atoms with van der Waals surface area (Å²) in [5.41, 5.74) is 3.37. The van der Waals surface area contributed by atoms with Crippen molar-refractivity contribution in [1.29, 1.82) is 0 Å². The molecule has 0 N–H and O–H groups in total. The van der Waals surface area contributed by atoms with Gasteiger partial charge in [-0.2, -0.15) is 0 Å². The number of anilines is 1. The Labute approximate surface area is 231 Å². The van der Waals surface area contributed by atoms with Crippen molar-refractivity contribution in [2.75, 3.05) is 25.6 Å². The molecule has 0 radical (unpaired) electrons. The fraction of sp³-hybridized carbons (Fsp3) is 0.258. The molecule has 2 aromatic heterocycles. The van der Waals surface area contributed by atoms with Crippen molar-refractivity contribution in [3.8, 4) is 0 Å². The highest BCUT2D eigenvalue weighted by molar-refractivity contribution is 7.07. The van der Waals surface area contributed by atoms with Gasteiger partial charge in [-0.15, -0.1) is 0 Å². The summed E-state index contributed by atoms with van der Waals surface area (Å²) >= 11 is 1.27. The van der Waals surface area contributed by atoms with Crippen molar-refractivity contribution in [3.63, 3.8) is 0 Å². The number of carbonyl (C=O) groups excluding carboxylic acids is 1. The lowest BCUT2D eigenvalue weighted by Crippen LogP contribution is -2.40. The normalized spacial score (nSPS) is 15.3. The van der Waals surface area contributed by atoms with Crippen molar-refractivity contribution < 1.29 is 13.9 Å². The minimum absolute atomic E-state index is 0.209. The number of fused-ring (bicyclic) bond motifs is 1. The first-order valence-electron chi connectivity index (χ1n) is 12.9. The smallest absolute Gasteiger partial charge is 0.338 e. The van der Waals surface area contributed by atoms with Crippen LogP contribution in [0.15, 0.2) is 86.5 Å². The second kappa shape index (κ2) is 10.9. The van der Waals surface area contributed by atoms with Crippen LogP contribution in [0.1, 0.15) is 55.2 Å². The average molecular weight is 542 g/mol. The van der Waals surface area contributed by atoms with E-state index in [2.05, 4.69) is 13.8 Å². The van der Waals surface area contributed by atoms with Crippen molar-refractivity contribution in [2.45, 2.75) is 32.7 Å². The second-order valence-electron chi connectivity index (χ2n) is 9.82. The fourth-order valence-electron chi connectivity index (χ4n) is 4.61. The van der Waals surface area contributed by atoms with Crippen LogP contribution in [0.25, 0.3) is 11.8 Å². The number of thiazole rings is 1. The summed E-state index contributed by atoms with van der Waals surface area (Å²) in [6.07, 6.45) is 1.73. The van der Waals surface area contributed by atoms with Crippen molar-refractivity contribution >= 4 is 35.0 Å². The molecule has 200 valence electrons. The van der Waals surface area contributed by atoms with E-state index in [4.69, 9.17) is 14.1 Å². The number of hydrogen-bond acceptors (Lipinski definition) is 7. The highest BCUT2D eigenvalue weighted by Crippen LogP contribution is 2.35. The zero-order valence-corrected chi connectivity index (χ0v) is 23.5. The Balaban J connectivity index is 1.79. The van der Waals surface area contributed by atoms with E-state index in [0.717, 1.165) is 11.1 Å². The molecule has 1 aliphatic rings. The van der Waals surface area contributed by atoms with E-state index in [9.17, 15) is 9.59 Å². The summed E-state index contributed by atoms with van der Waals surface area (Å²) < 4.78 is 13.5. The molecule has 0 fully saturated rings. The van der Waals surface area contributed by atoms with E-state index in [1.165, 1.54) is 16.9 Å². The number of nitrogens with zero attached hydrogens (tertiary/aromatic N) is 3. The van der Waals surface area contributed by atoms with Crippen LogP contribution in [-0.2, 0) is 9.53 Å². The highest BCUT2D eigenvalue weighted by atomic mass is 32.1. The molecule has 39 heavy (non-hydrogen) atoms.